The minimum Gasteiger partial charge on any atom is -0.493 e. The molecule has 2 aliphatic rings. The summed E-state index contributed by atoms with van der Waals surface area (Å²) in [5.74, 6) is 0.735. The molecule has 1 fully saturated rings. The second-order valence-electron chi connectivity index (χ2n) is 8.03. The van der Waals surface area contributed by atoms with Crippen molar-refractivity contribution in [2.24, 2.45) is 0 Å². The Bertz CT molecular complexity index is 1150. The number of likely N-dealkylation sites (tertiary alicyclic amines) is 1. The van der Waals surface area contributed by atoms with Gasteiger partial charge in [0.15, 0.2) is 11.5 Å². The van der Waals surface area contributed by atoms with E-state index in [9.17, 15) is 9.18 Å². The number of nitrogens with zero attached hydrogens (tertiary/aromatic N) is 2. The van der Waals surface area contributed by atoms with E-state index in [4.69, 9.17) is 9.47 Å². The second-order valence-corrected chi connectivity index (χ2v) is 8.03. The van der Waals surface area contributed by atoms with Gasteiger partial charge in [-0.1, -0.05) is 12.5 Å². The molecule has 0 bridgehead atoms. The third-order valence-electron chi connectivity index (χ3n) is 6.36. The first-order valence-corrected chi connectivity index (χ1v) is 10.5. The lowest BCUT2D eigenvalue weighted by Crippen LogP contribution is -2.39. The van der Waals surface area contributed by atoms with Gasteiger partial charge in [0.2, 0.25) is 0 Å². The average Bonchev–Trinajstić information content (AvgIpc) is 3.03. The zero-order valence-electron chi connectivity index (χ0n) is 17.3. The molecular weight excluding hydrogens is 383 g/mol. The van der Waals surface area contributed by atoms with Crippen molar-refractivity contribution in [3.63, 3.8) is 0 Å². The number of rotatable bonds is 5. The van der Waals surface area contributed by atoms with Crippen molar-refractivity contribution in [3.8, 4) is 11.5 Å². The van der Waals surface area contributed by atoms with Crippen LogP contribution >= 0.6 is 0 Å². The molecule has 1 amide bonds. The van der Waals surface area contributed by atoms with Gasteiger partial charge in [-0.05, 0) is 61.0 Å². The van der Waals surface area contributed by atoms with Gasteiger partial charge in [-0.25, -0.2) is 4.39 Å². The minimum absolute atomic E-state index is 0.0382. The summed E-state index contributed by atoms with van der Waals surface area (Å²) in [5, 5.41) is 3.24. The first kappa shape index (κ1) is 19.1. The van der Waals surface area contributed by atoms with E-state index in [2.05, 4.69) is 4.90 Å². The van der Waals surface area contributed by atoms with Crippen LogP contribution in [0.2, 0.25) is 0 Å². The molecule has 2 heterocycles. The van der Waals surface area contributed by atoms with Crippen molar-refractivity contribution in [3.05, 3.63) is 41.7 Å². The maximum atomic E-state index is 14.0. The quantitative estimate of drug-likeness (QED) is 0.579. The van der Waals surface area contributed by atoms with Gasteiger partial charge in [-0.3, -0.25) is 4.79 Å². The fourth-order valence-electron chi connectivity index (χ4n) is 4.90. The van der Waals surface area contributed by atoms with Crippen LogP contribution in [0.3, 0.4) is 0 Å². The molecular formula is C24H25FN2O3. The van der Waals surface area contributed by atoms with Crippen LogP contribution in [0.4, 0.5) is 10.1 Å². The lowest BCUT2D eigenvalue weighted by atomic mass is 9.97. The summed E-state index contributed by atoms with van der Waals surface area (Å²) in [4.78, 5) is 17.6. The lowest BCUT2D eigenvalue weighted by molar-refractivity contribution is 0.0988. The van der Waals surface area contributed by atoms with Gasteiger partial charge in [0, 0.05) is 23.9 Å². The SMILES string of the molecule is COc1cc2c3c(cc4cc(F)ccc4c3c1OC)N(CCN1CCCCC1)C2=O. The predicted molar refractivity (Wildman–Crippen MR) is 116 cm³/mol. The minimum atomic E-state index is -0.305. The van der Waals surface area contributed by atoms with Crippen LogP contribution in [0.25, 0.3) is 21.5 Å². The molecule has 1 saturated heterocycles. The Kier molecular flexibility index (Phi) is 4.74. The molecule has 3 aromatic rings. The summed E-state index contributed by atoms with van der Waals surface area (Å²) in [6.45, 7) is 3.59. The van der Waals surface area contributed by atoms with Crippen molar-refractivity contribution in [1.82, 2.24) is 4.90 Å². The highest BCUT2D eigenvalue weighted by Crippen LogP contribution is 2.49. The molecule has 0 spiro atoms. The Hall–Kier alpha value is -2.86. The van der Waals surface area contributed by atoms with E-state index in [-0.39, 0.29) is 11.7 Å². The van der Waals surface area contributed by atoms with Gasteiger partial charge in [0.05, 0.1) is 25.5 Å². The van der Waals surface area contributed by atoms with Crippen LogP contribution in [0.15, 0.2) is 30.3 Å². The summed E-state index contributed by atoms with van der Waals surface area (Å²) in [6.07, 6.45) is 3.70. The van der Waals surface area contributed by atoms with Gasteiger partial charge >= 0.3 is 0 Å². The summed E-state index contributed by atoms with van der Waals surface area (Å²) in [7, 11) is 3.16. The molecule has 5 nitrogen and oxygen atoms in total. The standard InChI is InChI=1S/C24H25FN2O3/c1-29-20-14-18-21-19(27(24(18)28)11-10-26-8-4-3-5-9-26)13-15-12-16(25)6-7-17(15)22(21)23(20)30-2/h6-7,12-14H,3-5,8-11H2,1-2H3. The number of amides is 1. The first-order valence-electron chi connectivity index (χ1n) is 10.5. The maximum Gasteiger partial charge on any atom is 0.259 e. The summed E-state index contributed by atoms with van der Waals surface area (Å²) in [6, 6.07) is 8.39. The molecule has 0 aliphatic carbocycles. The van der Waals surface area contributed by atoms with Crippen molar-refractivity contribution in [2.75, 3.05) is 45.3 Å². The Morgan fingerprint density at radius 3 is 2.50 bits per heavy atom. The molecule has 6 heteroatoms. The van der Waals surface area contributed by atoms with Gasteiger partial charge < -0.3 is 19.3 Å². The molecule has 3 aromatic carbocycles. The van der Waals surface area contributed by atoms with Gasteiger partial charge in [-0.15, -0.1) is 0 Å². The van der Waals surface area contributed by atoms with Crippen molar-refractivity contribution < 1.29 is 18.7 Å². The number of methoxy groups -OCH3 is 2. The average molecular weight is 408 g/mol. The Labute approximate surface area is 175 Å². The number of hydrogen-bond donors (Lipinski definition) is 0. The zero-order chi connectivity index (χ0) is 20.8. The van der Waals surface area contributed by atoms with Crippen LogP contribution in [0, 0.1) is 5.82 Å². The van der Waals surface area contributed by atoms with Crippen molar-refractivity contribution in [2.45, 2.75) is 19.3 Å². The van der Waals surface area contributed by atoms with Crippen molar-refractivity contribution >= 4 is 33.1 Å². The molecule has 0 aromatic heterocycles. The van der Waals surface area contributed by atoms with Crippen LogP contribution in [-0.4, -0.2) is 51.2 Å². The number of fused-ring (bicyclic) bond motifs is 2. The number of halogens is 1. The number of carbonyl (C=O) groups is 1. The largest absolute Gasteiger partial charge is 0.493 e. The van der Waals surface area contributed by atoms with E-state index in [0.29, 0.717) is 23.6 Å². The van der Waals surface area contributed by atoms with Crippen LogP contribution in [0.1, 0.15) is 29.6 Å². The predicted octanol–water partition coefficient (Wildman–Crippen LogP) is 4.60. The van der Waals surface area contributed by atoms with Crippen molar-refractivity contribution in [1.29, 1.82) is 0 Å². The zero-order valence-corrected chi connectivity index (χ0v) is 17.3. The third-order valence-corrected chi connectivity index (χ3v) is 6.36. The van der Waals surface area contributed by atoms with E-state index in [1.54, 1.807) is 26.4 Å². The van der Waals surface area contributed by atoms with E-state index in [1.165, 1.54) is 31.4 Å². The number of carbonyl (C=O) groups excluding carboxylic acids is 1. The number of benzene rings is 3. The third kappa shape index (κ3) is 2.89. The molecule has 0 N–H and O–H groups in total. The fraction of sp³-hybridized carbons (Fsp3) is 0.375. The van der Waals surface area contributed by atoms with E-state index >= 15 is 0 Å². The molecule has 2 aliphatic heterocycles. The van der Waals surface area contributed by atoms with Crippen LogP contribution in [-0.2, 0) is 0 Å². The summed E-state index contributed by atoms with van der Waals surface area (Å²) < 4.78 is 25.3. The molecule has 5 rings (SSSR count). The lowest BCUT2D eigenvalue weighted by Gasteiger charge is -2.28. The summed E-state index contributed by atoms with van der Waals surface area (Å²) in [5.41, 5.74) is 1.43. The van der Waals surface area contributed by atoms with E-state index < -0.39 is 0 Å². The topological polar surface area (TPSA) is 42.0 Å². The van der Waals surface area contributed by atoms with Gasteiger partial charge in [0.1, 0.15) is 5.82 Å². The Morgan fingerprint density at radius 1 is 0.967 bits per heavy atom. The van der Waals surface area contributed by atoms with Crippen LogP contribution in [0.5, 0.6) is 11.5 Å². The Balaban J connectivity index is 1.69. The van der Waals surface area contributed by atoms with Gasteiger partial charge in [-0.2, -0.15) is 0 Å². The molecule has 0 radical (unpaired) electrons. The first-order chi connectivity index (χ1) is 14.6. The monoisotopic (exact) mass is 408 g/mol. The maximum absolute atomic E-state index is 14.0. The van der Waals surface area contributed by atoms with Gasteiger partial charge in [0.25, 0.3) is 5.91 Å². The molecule has 0 unspecified atom stereocenters. The molecule has 30 heavy (non-hydrogen) atoms. The fourth-order valence-corrected chi connectivity index (χ4v) is 4.90. The normalized spacial score (nSPS) is 16.6. The number of anilines is 1. The highest BCUT2D eigenvalue weighted by Gasteiger charge is 2.34. The molecule has 156 valence electrons. The highest BCUT2D eigenvalue weighted by molar-refractivity contribution is 6.31. The number of piperidine rings is 1. The molecule has 0 saturated carbocycles. The van der Waals surface area contributed by atoms with E-state index in [1.807, 2.05) is 11.0 Å². The highest BCUT2D eigenvalue weighted by atomic mass is 19.1. The second kappa shape index (κ2) is 7.43. The number of ether oxygens (including phenoxy) is 2. The summed E-state index contributed by atoms with van der Waals surface area (Å²) >= 11 is 0. The van der Waals surface area contributed by atoms with Crippen LogP contribution < -0.4 is 14.4 Å². The smallest absolute Gasteiger partial charge is 0.259 e. The Morgan fingerprint density at radius 2 is 1.77 bits per heavy atom. The van der Waals surface area contributed by atoms with E-state index in [0.717, 1.165) is 46.9 Å². The number of hydrogen-bond acceptors (Lipinski definition) is 4. The molecule has 0 atom stereocenters.